The number of Topliss-reactive ketones (excluding diaryl/α,β-unsaturated/α-hetero) is 1. The summed E-state index contributed by atoms with van der Waals surface area (Å²) in [5.41, 5.74) is 2.53. The van der Waals surface area contributed by atoms with Crippen molar-refractivity contribution < 1.29 is 9.18 Å². The first-order chi connectivity index (χ1) is 14.4. The summed E-state index contributed by atoms with van der Waals surface area (Å²) in [7, 11) is 0. The second-order valence-electron chi connectivity index (χ2n) is 7.47. The zero-order valence-corrected chi connectivity index (χ0v) is 16.9. The number of ketones is 1. The Labute approximate surface area is 174 Å². The van der Waals surface area contributed by atoms with Crippen LogP contribution in [0.25, 0.3) is 21.3 Å². The lowest BCUT2D eigenvalue weighted by atomic mass is 9.89. The maximum absolute atomic E-state index is 13.5. The van der Waals surface area contributed by atoms with E-state index in [0.717, 1.165) is 33.4 Å². The topological polar surface area (TPSA) is 71.9 Å². The molecule has 2 aromatic carbocycles. The largest absolute Gasteiger partial charge is 0.329 e. The van der Waals surface area contributed by atoms with Gasteiger partial charge in [-0.15, -0.1) is 11.3 Å². The number of carbonyl (C=O) groups excluding carboxylic acids is 1. The first kappa shape index (κ1) is 18.7. The van der Waals surface area contributed by atoms with Gasteiger partial charge in [0, 0.05) is 16.0 Å². The molecule has 1 N–H and O–H groups in total. The van der Waals surface area contributed by atoms with Crippen molar-refractivity contribution >= 4 is 27.3 Å². The van der Waals surface area contributed by atoms with Crippen LogP contribution < -0.4 is 11.2 Å². The van der Waals surface area contributed by atoms with E-state index >= 15 is 0 Å². The number of benzene rings is 2. The van der Waals surface area contributed by atoms with Crippen molar-refractivity contribution in [2.24, 2.45) is 0 Å². The number of hydrogen-bond acceptors (Lipinski definition) is 4. The van der Waals surface area contributed by atoms with Gasteiger partial charge in [-0.1, -0.05) is 24.3 Å². The molecule has 0 aliphatic heterocycles. The molecule has 1 aliphatic rings. The van der Waals surface area contributed by atoms with Gasteiger partial charge in [-0.05, 0) is 54.7 Å². The van der Waals surface area contributed by atoms with Gasteiger partial charge in [-0.25, -0.2) is 9.18 Å². The number of nitrogens with zero attached hydrogens (tertiary/aromatic N) is 1. The lowest BCUT2D eigenvalue weighted by molar-refractivity contribution is 0.0969. The van der Waals surface area contributed by atoms with E-state index < -0.39 is 29.4 Å². The van der Waals surface area contributed by atoms with Crippen molar-refractivity contribution in [3.05, 3.63) is 90.7 Å². The van der Waals surface area contributed by atoms with Crippen LogP contribution in [0.4, 0.5) is 4.39 Å². The van der Waals surface area contributed by atoms with Crippen LogP contribution in [0.2, 0.25) is 0 Å². The SMILES string of the molecule is Cc1cc(C(=O)Cn2c(=O)[nH]c3sc4c(c3c2=O)-c2ccccc2CC4)ccc1F. The molecular formula is C23H17FN2O3S. The van der Waals surface area contributed by atoms with Crippen molar-refractivity contribution in [1.29, 1.82) is 0 Å². The van der Waals surface area contributed by atoms with Crippen molar-refractivity contribution in [2.75, 3.05) is 0 Å². The Kier molecular flexibility index (Phi) is 4.29. The summed E-state index contributed by atoms with van der Waals surface area (Å²) in [6.07, 6.45) is 1.69. The van der Waals surface area contributed by atoms with Crippen LogP contribution in [-0.4, -0.2) is 15.3 Å². The summed E-state index contributed by atoms with van der Waals surface area (Å²) in [6, 6.07) is 11.9. The van der Waals surface area contributed by atoms with E-state index in [1.807, 2.05) is 24.3 Å². The number of hydrogen-bond donors (Lipinski definition) is 1. The summed E-state index contributed by atoms with van der Waals surface area (Å²) in [5.74, 6) is -0.832. The number of fused-ring (bicyclic) bond motifs is 5. The second-order valence-corrected chi connectivity index (χ2v) is 8.58. The molecule has 30 heavy (non-hydrogen) atoms. The smallest absolute Gasteiger partial charge is 0.298 e. The molecule has 0 bridgehead atoms. The van der Waals surface area contributed by atoms with Gasteiger partial charge in [-0.2, -0.15) is 0 Å². The zero-order chi connectivity index (χ0) is 21.0. The summed E-state index contributed by atoms with van der Waals surface area (Å²) < 4.78 is 14.5. The lowest BCUT2D eigenvalue weighted by Crippen LogP contribution is -2.37. The fourth-order valence-electron chi connectivity index (χ4n) is 4.05. The molecule has 5 rings (SSSR count). The number of H-pyrrole nitrogens is 1. The van der Waals surface area contributed by atoms with E-state index in [2.05, 4.69) is 4.98 Å². The van der Waals surface area contributed by atoms with Gasteiger partial charge in [-0.3, -0.25) is 19.1 Å². The molecular weight excluding hydrogens is 403 g/mol. The number of rotatable bonds is 3. The molecule has 2 heterocycles. The molecule has 0 fully saturated rings. The summed E-state index contributed by atoms with van der Waals surface area (Å²) >= 11 is 1.42. The molecule has 0 spiro atoms. The highest BCUT2D eigenvalue weighted by Crippen LogP contribution is 2.41. The van der Waals surface area contributed by atoms with Crippen molar-refractivity contribution in [3.8, 4) is 11.1 Å². The monoisotopic (exact) mass is 420 g/mol. The lowest BCUT2D eigenvalue weighted by Gasteiger charge is -2.16. The Hall–Kier alpha value is -3.32. The number of aromatic nitrogens is 2. The van der Waals surface area contributed by atoms with Crippen LogP contribution in [0.1, 0.15) is 26.4 Å². The van der Waals surface area contributed by atoms with E-state index in [1.165, 1.54) is 35.1 Å². The highest BCUT2D eigenvalue weighted by Gasteiger charge is 2.25. The van der Waals surface area contributed by atoms with Crippen LogP contribution in [-0.2, 0) is 19.4 Å². The molecule has 4 aromatic rings. The number of carbonyl (C=O) groups is 1. The average Bonchev–Trinajstić information content (AvgIpc) is 3.11. The molecule has 0 saturated carbocycles. The quantitative estimate of drug-likeness (QED) is 0.512. The predicted octanol–water partition coefficient (Wildman–Crippen LogP) is 3.85. The second kappa shape index (κ2) is 6.88. The summed E-state index contributed by atoms with van der Waals surface area (Å²) in [6.45, 7) is 1.16. The fraction of sp³-hybridized carbons (Fsp3) is 0.174. The van der Waals surface area contributed by atoms with Crippen LogP contribution in [0, 0.1) is 12.7 Å². The minimum Gasteiger partial charge on any atom is -0.298 e. The number of aromatic amines is 1. The maximum Gasteiger partial charge on any atom is 0.329 e. The van der Waals surface area contributed by atoms with Crippen LogP contribution in [0.3, 0.4) is 0 Å². The van der Waals surface area contributed by atoms with Crippen molar-refractivity contribution in [2.45, 2.75) is 26.3 Å². The van der Waals surface area contributed by atoms with Crippen LogP contribution in [0.15, 0.2) is 52.1 Å². The predicted molar refractivity (Wildman–Crippen MR) is 115 cm³/mol. The molecule has 1 aliphatic carbocycles. The number of thiophene rings is 1. The van der Waals surface area contributed by atoms with E-state index in [0.29, 0.717) is 15.8 Å². The third-order valence-corrected chi connectivity index (χ3v) is 6.76. The molecule has 7 heteroatoms. The number of halogens is 1. The van der Waals surface area contributed by atoms with Gasteiger partial charge < -0.3 is 0 Å². The Morgan fingerprint density at radius 3 is 2.77 bits per heavy atom. The molecule has 0 radical (unpaired) electrons. The van der Waals surface area contributed by atoms with E-state index in [9.17, 15) is 18.8 Å². The molecule has 2 aromatic heterocycles. The van der Waals surface area contributed by atoms with Gasteiger partial charge in [0.15, 0.2) is 5.78 Å². The fourth-order valence-corrected chi connectivity index (χ4v) is 5.24. The standard InChI is InChI=1S/C23H17FN2O3S/c1-12-10-14(6-8-16(12)24)17(27)11-26-22(28)20-19-15-5-3-2-4-13(15)7-9-18(19)30-21(20)25-23(26)29/h2-6,8,10H,7,9,11H2,1H3,(H,25,29). The Bertz CT molecular complexity index is 1460. The Morgan fingerprint density at radius 2 is 1.97 bits per heavy atom. The Balaban J connectivity index is 1.66. The third-order valence-electron chi connectivity index (χ3n) is 5.60. The highest BCUT2D eigenvalue weighted by molar-refractivity contribution is 7.19. The summed E-state index contributed by atoms with van der Waals surface area (Å²) in [5, 5.41) is 0.449. The Morgan fingerprint density at radius 1 is 1.17 bits per heavy atom. The molecule has 0 unspecified atom stereocenters. The minimum absolute atomic E-state index is 0.262. The third kappa shape index (κ3) is 2.85. The molecule has 0 amide bonds. The zero-order valence-electron chi connectivity index (χ0n) is 16.1. The first-order valence-electron chi connectivity index (χ1n) is 9.60. The molecule has 150 valence electrons. The number of nitrogens with one attached hydrogen (secondary N) is 1. The van der Waals surface area contributed by atoms with Crippen LogP contribution >= 0.6 is 11.3 Å². The molecule has 0 saturated heterocycles. The van der Waals surface area contributed by atoms with Gasteiger partial charge in [0.25, 0.3) is 5.56 Å². The van der Waals surface area contributed by atoms with Crippen LogP contribution in [0.5, 0.6) is 0 Å². The van der Waals surface area contributed by atoms with E-state index in [4.69, 9.17) is 0 Å². The molecule has 5 nitrogen and oxygen atoms in total. The van der Waals surface area contributed by atoms with Crippen molar-refractivity contribution in [1.82, 2.24) is 9.55 Å². The first-order valence-corrected chi connectivity index (χ1v) is 10.4. The van der Waals surface area contributed by atoms with E-state index in [-0.39, 0.29) is 5.56 Å². The minimum atomic E-state index is -0.619. The van der Waals surface area contributed by atoms with Gasteiger partial charge in [0.1, 0.15) is 10.6 Å². The van der Waals surface area contributed by atoms with Gasteiger partial charge >= 0.3 is 5.69 Å². The summed E-state index contributed by atoms with van der Waals surface area (Å²) in [4.78, 5) is 43.0. The average molecular weight is 420 g/mol. The van der Waals surface area contributed by atoms with Crippen molar-refractivity contribution in [3.63, 3.8) is 0 Å². The normalized spacial score (nSPS) is 12.6. The maximum atomic E-state index is 13.5. The van der Waals surface area contributed by atoms with E-state index in [1.54, 1.807) is 6.92 Å². The number of aryl methyl sites for hydroxylation is 3. The van der Waals surface area contributed by atoms with Gasteiger partial charge in [0.05, 0.1) is 11.9 Å². The van der Waals surface area contributed by atoms with Gasteiger partial charge in [0.2, 0.25) is 0 Å². The highest BCUT2D eigenvalue weighted by atomic mass is 32.1. The molecule has 0 atom stereocenters.